The van der Waals surface area contributed by atoms with Gasteiger partial charge in [-0.2, -0.15) is 5.10 Å². The molecule has 33 heavy (non-hydrogen) atoms. The highest BCUT2D eigenvalue weighted by molar-refractivity contribution is 5.75. The number of amides is 2. The van der Waals surface area contributed by atoms with Gasteiger partial charge in [-0.3, -0.25) is 0 Å². The fourth-order valence-electron chi connectivity index (χ4n) is 3.45. The van der Waals surface area contributed by atoms with Crippen LogP contribution >= 0.6 is 0 Å². The fraction of sp³-hybridized carbons (Fsp3) is 0.360. The Labute approximate surface area is 195 Å². The first kappa shape index (κ1) is 24.1. The Morgan fingerprint density at radius 2 is 1.76 bits per heavy atom. The van der Waals surface area contributed by atoms with E-state index >= 15 is 0 Å². The number of hydrogen-bond acceptors (Lipinski definition) is 5. The summed E-state index contributed by atoms with van der Waals surface area (Å²) in [5, 5.41) is 7.71. The number of nitrogens with zero attached hydrogens (tertiary/aromatic N) is 3. The van der Waals surface area contributed by atoms with E-state index < -0.39 is 0 Å². The first-order chi connectivity index (χ1) is 16.1. The van der Waals surface area contributed by atoms with Crippen LogP contribution in [-0.2, 0) is 18.3 Å². The maximum atomic E-state index is 12.9. The molecule has 0 fully saturated rings. The molecule has 0 spiro atoms. The van der Waals surface area contributed by atoms with Crippen molar-refractivity contribution in [3.8, 4) is 28.6 Å². The van der Waals surface area contributed by atoms with E-state index in [1.807, 2.05) is 68.6 Å². The molecule has 0 saturated heterocycles. The van der Waals surface area contributed by atoms with Gasteiger partial charge in [-0.05, 0) is 18.6 Å². The number of carbonyl (C=O) groups excluding carboxylic acids is 1. The average molecular weight is 453 g/mol. The van der Waals surface area contributed by atoms with Crippen molar-refractivity contribution < 1.29 is 19.0 Å². The van der Waals surface area contributed by atoms with Gasteiger partial charge in [0.15, 0.2) is 11.5 Å². The van der Waals surface area contributed by atoms with Crippen molar-refractivity contribution in [2.45, 2.75) is 19.9 Å². The van der Waals surface area contributed by atoms with Crippen LogP contribution in [0.5, 0.6) is 17.4 Å². The number of ether oxygens (including phenoxy) is 3. The molecule has 2 amide bonds. The van der Waals surface area contributed by atoms with Gasteiger partial charge >= 0.3 is 6.03 Å². The number of methoxy groups -OCH3 is 2. The Balaban J connectivity index is 2.04. The van der Waals surface area contributed by atoms with E-state index in [-0.39, 0.29) is 6.03 Å². The normalized spacial score (nSPS) is 10.7. The largest absolute Gasteiger partial charge is 0.493 e. The van der Waals surface area contributed by atoms with E-state index in [9.17, 15) is 4.79 Å². The zero-order chi connectivity index (χ0) is 23.6. The van der Waals surface area contributed by atoms with Crippen LogP contribution in [-0.4, -0.2) is 54.6 Å². The first-order valence-electron chi connectivity index (χ1n) is 11.0. The quantitative estimate of drug-likeness (QED) is 0.465. The summed E-state index contributed by atoms with van der Waals surface area (Å²) in [4.78, 5) is 14.6. The molecule has 0 bridgehead atoms. The van der Waals surface area contributed by atoms with Crippen LogP contribution in [0.4, 0.5) is 4.79 Å². The zero-order valence-corrected chi connectivity index (χ0v) is 19.7. The van der Waals surface area contributed by atoms with E-state index in [0.717, 1.165) is 23.2 Å². The molecule has 0 unspecified atom stereocenters. The number of nitrogens with one attached hydrogen (secondary N) is 1. The summed E-state index contributed by atoms with van der Waals surface area (Å²) in [7, 11) is 5.06. The topological polar surface area (TPSA) is 77.9 Å². The molecule has 0 aliphatic rings. The summed E-state index contributed by atoms with van der Waals surface area (Å²) in [5.41, 5.74) is 2.50. The third kappa shape index (κ3) is 6.04. The minimum absolute atomic E-state index is 0.153. The van der Waals surface area contributed by atoms with Crippen molar-refractivity contribution in [1.29, 1.82) is 0 Å². The molecule has 8 nitrogen and oxygen atoms in total. The number of benzene rings is 2. The summed E-state index contributed by atoms with van der Waals surface area (Å²) >= 11 is 0. The second-order valence-corrected chi connectivity index (χ2v) is 7.52. The Hall–Kier alpha value is -3.52. The second kappa shape index (κ2) is 11.9. The number of aromatic nitrogens is 2. The molecule has 1 heterocycles. The Bertz CT molecular complexity index is 1040. The number of urea groups is 1. The molecular weight excluding hydrogens is 420 g/mol. The third-order valence-electron chi connectivity index (χ3n) is 5.14. The highest BCUT2D eigenvalue weighted by atomic mass is 16.5. The Kier molecular flexibility index (Phi) is 8.71. The van der Waals surface area contributed by atoms with E-state index in [1.54, 1.807) is 23.8 Å². The van der Waals surface area contributed by atoms with Crippen molar-refractivity contribution in [2.24, 2.45) is 7.05 Å². The summed E-state index contributed by atoms with van der Waals surface area (Å²) < 4.78 is 18.7. The number of rotatable bonds is 11. The minimum Gasteiger partial charge on any atom is -0.493 e. The molecule has 176 valence electrons. The van der Waals surface area contributed by atoms with E-state index in [0.29, 0.717) is 43.6 Å². The van der Waals surface area contributed by atoms with Crippen LogP contribution in [0.1, 0.15) is 18.9 Å². The lowest BCUT2D eigenvalue weighted by Gasteiger charge is -2.23. The SMILES string of the molecule is CCCNC(=O)N(CCOC)Cc1c(-c2ccccc2)nn(C)c1Oc1ccccc1OC. The van der Waals surface area contributed by atoms with Gasteiger partial charge < -0.3 is 24.4 Å². The molecule has 2 aromatic carbocycles. The van der Waals surface area contributed by atoms with Gasteiger partial charge in [0.25, 0.3) is 0 Å². The van der Waals surface area contributed by atoms with Crippen molar-refractivity contribution in [3.05, 3.63) is 60.2 Å². The van der Waals surface area contributed by atoms with Crippen LogP contribution in [0, 0.1) is 0 Å². The summed E-state index contributed by atoms with van der Waals surface area (Å²) in [6.07, 6.45) is 0.855. The van der Waals surface area contributed by atoms with Gasteiger partial charge in [-0.1, -0.05) is 49.4 Å². The maximum Gasteiger partial charge on any atom is 0.317 e. The van der Waals surface area contributed by atoms with Gasteiger partial charge in [0.1, 0.15) is 5.69 Å². The lowest BCUT2D eigenvalue weighted by Crippen LogP contribution is -2.41. The predicted octanol–water partition coefficient (Wildman–Crippen LogP) is 4.46. The van der Waals surface area contributed by atoms with Crippen LogP contribution < -0.4 is 14.8 Å². The molecule has 3 rings (SSSR count). The smallest absolute Gasteiger partial charge is 0.317 e. The fourth-order valence-corrected chi connectivity index (χ4v) is 3.45. The Morgan fingerprint density at radius 1 is 1.06 bits per heavy atom. The highest BCUT2D eigenvalue weighted by Gasteiger charge is 2.25. The molecule has 1 N–H and O–H groups in total. The summed E-state index contributed by atoms with van der Waals surface area (Å²) in [6, 6.07) is 17.2. The van der Waals surface area contributed by atoms with Gasteiger partial charge in [0, 0.05) is 32.8 Å². The summed E-state index contributed by atoms with van der Waals surface area (Å²) in [5.74, 6) is 1.73. The monoisotopic (exact) mass is 452 g/mol. The van der Waals surface area contributed by atoms with Crippen molar-refractivity contribution in [3.63, 3.8) is 0 Å². The van der Waals surface area contributed by atoms with Gasteiger partial charge in [0.05, 0.1) is 25.8 Å². The molecule has 0 radical (unpaired) electrons. The van der Waals surface area contributed by atoms with Gasteiger partial charge in [0.2, 0.25) is 5.88 Å². The van der Waals surface area contributed by atoms with Crippen LogP contribution in [0.2, 0.25) is 0 Å². The van der Waals surface area contributed by atoms with Gasteiger partial charge in [-0.15, -0.1) is 0 Å². The lowest BCUT2D eigenvalue weighted by molar-refractivity contribution is 0.146. The number of carbonyl (C=O) groups is 1. The van der Waals surface area contributed by atoms with Crippen LogP contribution in [0.25, 0.3) is 11.3 Å². The molecule has 1 aromatic heterocycles. The zero-order valence-electron chi connectivity index (χ0n) is 19.7. The standard InChI is InChI=1S/C25H32N4O4/c1-5-15-26-25(30)29(16-17-31-3)18-20-23(19-11-7-6-8-12-19)27-28(2)24(20)33-22-14-10-9-13-21(22)32-4/h6-14H,5,15-18H2,1-4H3,(H,26,30). The van der Waals surface area contributed by atoms with Crippen molar-refractivity contribution in [2.75, 3.05) is 33.9 Å². The van der Waals surface area contributed by atoms with Crippen LogP contribution in [0.3, 0.4) is 0 Å². The lowest BCUT2D eigenvalue weighted by atomic mass is 10.1. The number of para-hydroxylation sites is 2. The van der Waals surface area contributed by atoms with Gasteiger partial charge in [-0.25, -0.2) is 9.48 Å². The molecule has 0 saturated carbocycles. The minimum atomic E-state index is -0.153. The molecule has 8 heteroatoms. The molecule has 3 aromatic rings. The molecular formula is C25H32N4O4. The van der Waals surface area contributed by atoms with E-state index in [2.05, 4.69) is 5.32 Å². The van der Waals surface area contributed by atoms with E-state index in [4.69, 9.17) is 19.3 Å². The third-order valence-corrected chi connectivity index (χ3v) is 5.14. The predicted molar refractivity (Wildman–Crippen MR) is 128 cm³/mol. The second-order valence-electron chi connectivity index (χ2n) is 7.52. The number of hydrogen-bond donors (Lipinski definition) is 1. The van der Waals surface area contributed by atoms with Crippen molar-refractivity contribution >= 4 is 6.03 Å². The molecule has 0 aliphatic heterocycles. The number of aryl methyl sites for hydroxylation is 1. The van der Waals surface area contributed by atoms with E-state index in [1.165, 1.54) is 0 Å². The van der Waals surface area contributed by atoms with Crippen molar-refractivity contribution in [1.82, 2.24) is 20.0 Å². The highest BCUT2D eigenvalue weighted by Crippen LogP contribution is 2.37. The molecule has 0 atom stereocenters. The Morgan fingerprint density at radius 3 is 2.42 bits per heavy atom. The molecule has 0 aliphatic carbocycles. The first-order valence-corrected chi connectivity index (χ1v) is 11.0. The van der Waals surface area contributed by atoms with Crippen LogP contribution in [0.15, 0.2) is 54.6 Å². The summed E-state index contributed by atoms with van der Waals surface area (Å²) in [6.45, 7) is 3.78. The average Bonchev–Trinajstić information content (AvgIpc) is 3.15. The maximum absolute atomic E-state index is 12.9.